The van der Waals surface area contributed by atoms with Gasteiger partial charge in [-0.1, -0.05) is 18.2 Å². The minimum Gasteiger partial charge on any atom is -0.364 e. The van der Waals surface area contributed by atoms with E-state index >= 15 is 0 Å². The molecular weight excluding hydrogens is 344 g/mol. The Hall–Kier alpha value is -3.13. The summed E-state index contributed by atoms with van der Waals surface area (Å²) in [5.74, 6) is 1.10. The monoisotopic (exact) mass is 366 g/mol. The van der Waals surface area contributed by atoms with E-state index in [1.54, 1.807) is 12.1 Å². The van der Waals surface area contributed by atoms with Gasteiger partial charge in [-0.05, 0) is 24.1 Å². The molecule has 1 aliphatic rings. The minimum atomic E-state index is -0.386. The second-order valence-electron chi connectivity index (χ2n) is 6.57. The van der Waals surface area contributed by atoms with Gasteiger partial charge in [0.25, 0.3) is 0 Å². The third kappa shape index (κ3) is 3.70. The van der Waals surface area contributed by atoms with Crippen LogP contribution in [0.4, 0.5) is 17.3 Å². The Kier molecular flexibility index (Phi) is 4.88. The van der Waals surface area contributed by atoms with Gasteiger partial charge in [0, 0.05) is 55.9 Å². The number of fused-ring (bicyclic) bond motifs is 1. The van der Waals surface area contributed by atoms with Crippen molar-refractivity contribution < 1.29 is 4.92 Å². The first-order valence-electron chi connectivity index (χ1n) is 9.12. The van der Waals surface area contributed by atoms with Crippen molar-refractivity contribution in [1.82, 2.24) is 15.3 Å². The fraction of sp³-hybridized carbons (Fsp3) is 0.316. The topological polar surface area (TPSA) is 99.1 Å². The molecule has 0 bridgehead atoms. The molecule has 0 aliphatic carbocycles. The Bertz CT molecular complexity index is 948. The fourth-order valence-electron chi connectivity index (χ4n) is 3.44. The van der Waals surface area contributed by atoms with Crippen molar-refractivity contribution in [2.24, 2.45) is 0 Å². The maximum absolute atomic E-state index is 11.4. The second kappa shape index (κ2) is 7.63. The lowest BCUT2D eigenvalue weighted by Crippen LogP contribution is -2.43. The van der Waals surface area contributed by atoms with E-state index in [1.165, 1.54) is 10.9 Å². The number of nitrogens with zero attached hydrogens (tertiary/aromatic N) is 3. The zero-order valence-corrected chi connectivity index (χ0v) is 14.9. The molecule has 27 heavy (non-hydrogen) atoms. The summed E-state index contributed by atoms with van der Waals surface area (Å²) in [6, 6.07) is 11.4. The Morgan fingerprint density at radius 2 is 2.00 bits per heavy atom. The molecule has 1 fully saturated rings. The average molecular weight is 366 g/mol. The molecule has 3 heterocycles. The summed E-state index contributed by atoms with van der Waals surface area (Å²) >= 11 is 0. The highest BCUT2D eigenvalue weighted by molar-refractivity contribution is 5.83. The number of para-hydroxylation sites is 1. The predicted octanol–water partition coefficient (Wildman–Crippen LogP) is 2.54. The molecule has 0 saturated carbocycles. The molecule has 0 atom stereocenters. The van der Waals surface area contributed by atoms with Crippen LogP contribution in [0.2, 0.25) is 0 Å². The van der Waals surface area contributed by atoms with Gasteiger partial charge >= 0.3 is 5.69 Å². The lowest BCUT2D eigenvalue weighted by atomic mass is 10.1. The normalized spacial score (nSPS) is 14.4. The number of hydrogen-bond acceptors (Lipinski definition) is 6. The number of anilines is 2. The third-order valence-electron chi connectivity index (χ3n) is 4.86. The van der Waals surface area contributed by atoms with Crippen LogP contribution < -0.4 is 15.5 Å². The Morgan fingerprint density at radius 1 is 1.19 bits per heavy atom. The van der Waals surface area contributed by atoms with E-state index in [2.05, 4.69) is 31.6 Å². The van der Waals surface area contributed by atoms with Crippen molar-refractivity contribution in [3.63, 3.8) is 0 Å². The molecule has 0 amide bonds. The van der Waals surface area contributed by atoms with E-state index in [9.17, 15) is 10.1 Å². The lowest BCUT2D eigenvalue weighted by molar-refractivity contribution is -0.384. The number of hydrogen-bond donors (Lipinski definition) is 3. The summed E-state index contributed by atoms with van der Waals surface area (Å²) in [6.07, 6.45) is 2.74. The highest BCUT2D eigenvalue weighted by Gasteiger charge is 2.19. The van der Waals surface area contributed by atoms with Crippen molar-refractivity contribution >= 4 is 28.2 Å². The maximum atomic E-state index is 11.4. The standard InChI is InChI=1S/C19H22N6O2/c26-25(27)17-5-6-18(24-11-9-20-10-12-24)23-19(17)21-8-7-14-13-22-16-4-2-1-3-15(14)16/h1-6,13,20,22H,7-12H2,(H,21,23). The SMILES string of the molecule is O=[N+]([O-])c1ccc(N2CCNCC2)nc1NCCc1c[nH]c2ccccc12. The number of pyridine rings is 1. The second-order valence-corrected chi connectivity index (χ2v) is 6.57. The van der Waals surface area contributed by atoms with Crippen molar-refractivity contribution in [2.75, 3.05) is 42.9 Å². The molecule has 140 valence electrons. The van der Waals surface area contributed by atoms with Gasteiger partial charge in [0.1, 0.15) is 5.82 Å². The van der Waals surface area contributed by atoms with E-state index in [1.807, 2.05) is 24.4 Å². The van der Waals surface area contributed by atoms with Gasteiger partial charge < -0.3 is 20.5 Å². The number of rotatable bonds is 6. The third-order valence-corrected chi connectivity index (χ3v) is 4.86. The molecule has 0 unspecified atom stereocenters. The van der Waals surface area contributed by atoms with Crippen molar-refractivity contribution in [3.05, 3.63) is 58.3 Å². The molecule has 3 aromatic rings. The van der Waals surface area contributed by atoms with E-state index in [0.717, 1.165) is 43.9 Å². The summed E-state index contributed by atoms with van der Waals surface area (Å²) in [5, 5.41) is 19.0. The van der Waals surface area contributed by atoms with Crippen molar-refractivity contribution in [2.45, 2.75) is 6.42 Å². The van der Waals surface area contributed by atoms with Gasteiger partial charge in [-0.25, -0.2) is 4.98 Å². The Labute approximate surface area is 156 Å². The van der Waals surface area contributed by atoms with E-state index in [0.29, 0.717) is 12.4 Å². The quantitative estimate of drug-likeness (QED) is 0.458. The molecule has 8 nitrogen and oxygen atoms in total. The van der Waals surface area contributed by atoms with Crippen LogP contribution in [0.1, 0.15) is 5.56 Å². The summed E-state index contributed by atoms with van der Waals surface area (Å²) < 4.78 is 0. The largest absolute Gasteiger partial charge is 0.364 e. The van der Waals surface area contributed by atoms with Crippen LogP contribution in [0.25, 0.3) is 10.9 Å². The predicted molar refractivity (Wildman–Crippen MR) is 106 cm³/mol. The molecule has 4 rings (SSSR count). The van der Waals surface area contributed by atoms with Crippen LogP contribution in [0.5, 0.6) is 0 Å². The number of nitrogens with one attached hydrogen (secondary N) is 3. The van der Waals surface area contributed by atoms with Crippen LogP contribution in [0.3, 0.4) is 0 Å². The molecule has 2 aromatic heterocycles. The molecular formula is C19H22N6O2. The summed E-state index contributed by atoms with van der Waals surface area (Å²) in [5.41, 5.74) is 2.28. The molecule has 1 aliphatic heterocycles. The van der Waals surface area contributed by atoms with Crippen molar-refractivity contribution in [1.29, 1.82) is 0 Å². The van der Waals surface area contributed by atoms with E-state index < -0.39 is 0 Å². The molecule has 8 heteroatoms. The first-order valence-corrected chi connectivity index (χ1v) is 9.12. The molecule has 0 spiro atoms. The van der Waals surface area contributed by atoms with Gasteiger partial charge in [0.15, 0.2) is 0 Å². The zero-order valence-electron chi connectivity index (χ0n) is 14.9. The minimum absolute atomic E-state index is 0.00723. The number of aromatic amines is 1. The Balaban J connectivity index is 1.50. The lowest BCUT2D eigenvalue weighted by Gasteiger charge is -2.28. The first-order chi connectivity index (χ1) is 13.2. The van der Waals surface area contributed by atoms with Crippen LogP contribution in [-0.2, 0) is 6.42 Å². The van der Waals surface area contributed by atoms with Gasteiger partial charge in [-0.2, -0.15) is 0 Å². The number of aromatic nitrogens is 2. The van der Waals surface area contributed by atoms with Crippen LogP contribution in [0, 0.1) is 10.1 Å². The highest BCUT2D eigenvalue weighted by atomic mass is 16.6. The highest BCUT2D eigenvalue weighted by Crippen LogP contribution is 2.26. The molecule has 1 aromatic carbocycles. The number of benzene rings is 1. The number of piperazine rings is 1. The summed E-state index contributed by atoms with van der Waals surface area (Å²) in [4.78, 5) is 20.9. The van der Waals surface area contributed by atoms with Crippen LogP contribution >= 0.6 is 0 Å². The first kappa shape index (κ1) is 17.3. The van der Waals surface area contributed by atoms with E-state index in [4.69, 9.17) is 0 Å². The average Bonchev–Trinajstić information content (AvgIpc) is 3.12. The van der Waals surface area contributed by atoms with Gasteiger partial charge in [-0.3, -0.25) is 10.1 Å². The smallest absolute Gasteiger partial charge is 0.311 e. The van der Waals surface area contributed by atoms with Gasteiger partial charge in [0.05, 0.1) is 4.92 Å². The maximum Gasteiger partial charge on any atom is 0.311 e. The van der Waals surface area contributed by atoms with E-state index in [-0.39, 0.29) is 10.6 Å². The zero-order chi connectivity index (χ0) is 18.6. The number of H-pyrrole nitrogens is 1. The van der Waals surface area contributed by atoms with Gasteiger partial charge in [0.2, 0.25) is 5.82 Å². The molecule has 0 radical (unpaired) electrons. The van der Waals surface area contributed by atoms with Crippen molar-refractivity contribution in [3.8, 4) is 0 Å². The molecule has 3 N–H and O–H groups in total. The fourth-order valence-corrected chi connectivity index (χ4v) is 3.44. The van der Waals surface area contributed by atoms with Crippen LogP contribution in [0.15, 0.2) is 42.6 Å². The summed E-state index contributed by atoms with van der Waals surface area (Å²) in [7, 11) is 0. The van der Waals surface area contributed by atoms with Crippen LogP contribution in [-0.4, -0.2) is 47.6 Å². The number of nitro groups is 1. The summed E-state index contributed by atoms with van der Waals surface area (Å²) in [6.45, 7) is 4.05. The molecule has 1 saturated heterocycles. The van der Waals surface area contributed by atoms with Gasteiger partial charge in [-0.15, -0.1) is 0 Å². The Morgan fingerprint density at radius 3 is 2.81 bits per heavy atom.